The molecule has 1 fully saturated rings. The molecule has 1 saturated heterocycles. The van der Waals surface area contributed by atoms with E-state index in [1.807, 2.05) is 4.90 Å². The van der Waals surface area contributed by atoms with Crippen LogP contribution in [0.15, 0.2) is 53.2 Å². The number of carbonyl (C=O) groups is 1. The lowest BCUT2D eigenvalue weighted by atomic mass is 9.94. The number of hydrogen-bond acceptors (Lipinski definition) is 5. The summed E-state index contributed by atoms with van der Waals surface area (Å²) in [5.41, 5.74) is 2.22. The fourth-order valence-electron chi connectivity index (χ4n) is 3.87. The van der Waals surface area contributed by atoms with Crippen LogP contribution in [0.5, 0.6) is 0 Å². The third-order valence-corrected chi connectivity index (χ3v) is 6.54. The predicted molar refractivity (Wildman–Crippen MR) is 121 cm³/mol. The predicted octanol–water partition coefficient (Wildman–Crippen LogP) is 4.98. The smallest absolute Gasteiger partial charge is 0.380 e. The van der Waals surface area contributed by atoms with Gasteiger partial charge in [0.05, 0.1) is 6.61 Å². The third kappa shape index (κ3) is 3.59. The lowest BCUT2D eigenvalue weighted by molar-refractivity contribution is -0.189. The van der Waals surface area contributed by atoms with Crippen molar-refractivity contribution in [1.29, 1.82) is 0 Å². The summed E-state index contributed by atoms with van der Waals surface area (Å²) < 4.78 is 20.1. The van der Waals surface area contributed by atoms with E-state index in [-0.39, 0.29) is 12.4 Å². The van der Waals surface area contributed by atoms with E-state index in [9.17, 15) is 9.18 Å². The molecular formula is C23H22FIN2O3. The fourth-order valence-corrected chi connectivity index (χ4v) is 4.20. The van der Waals surface area contributed by atoms with Crippen LogP contribution in [0.4, 0.5) is 4.39 Å². The van der Waals surface area contributed by atoms with Crippen LogP contribution >= 0.6 is 22.6 Å². The van der Waals surface area contributed by atoms with Gasteiger partial charge in [-0.3, -0.25) is 0 Å². The number of esters is 1. The molecule has 2 aliphatic heterocycles. The van der Waals surface area contributed by atoms with Crippen LogP contribution in [0.25, 0.3) is 6.08 Å². The molecule has 0 saturated carbocycles. The Morgan fingerprint density at radius 3 is 2.80 bits per heavy atom. The minimum Gasteiger partial charge on any atom is -0.461 e. The number of piperidine rings is 1. The number of halogens is 2. The number of benzene rings is 2. The Balaban J connectivity index is 1.75. The first-order chi connectivity index (χ1) is 14.5. The van der Waals surface area contributed by atoms with Crippen molar-refractivity contribution in [1.82, 2.24) is 4.90 Å². The van der Waals surface area contributed by atoms with Gasteiger partial charge in [-0.25, -0.2) is 9.18 Å². The molecule has 2 heterocycles. The normalized spacial score (nSPS) is 21.8. The van der Waals surface area contributed by atoms with Crippen molar-refractivity contribution in [3.05, 3.63) is 74.1 Å². The maximum Gasteiger partial charge on any atom is 0.380 e. The number of ether oxygens (including phenoxy) is 1. The van der Waals surface area contributed by atoms with Crippen LogP contribution in [-0.2, 0) is 20.1 Å². The summed E-state index contributed by atoms with van der Waals surface area (Å²) in [5, 5.41) is 4.31. The van der Waals surface area contributed by atoms with Gasteiger partial charge in [0, 0.05) is 15.7 Å². The molecule has 0 bridgehead atoms. The van der Waals surface area contributed by atoms with Crippen molar-refractivity contribution in [2.24, 2.45) is 5.16 Å². The summed E-state index contributed by atoms with van der Waals surface area (Å²) in [7, 11) is 0. The van der Waals surface area contributed by atoms with E-state index in [0.29, 0.717) is 17.9 Å². The number of fused-ring (bicyclic) bond motifs is 1. The largest absolute Gasteiger partial charge is 0.461 e. The molecular weight excluding hydrogens is 498 g/mol. The minimum atomic E-state index is -1.54. The molecule has 1 atom stereocenters. The van der Waals surface area contributed by atoms with E-state index < -0.39 is 11.7 Å². The van der Waals surface area contributed by atoms with E-state index in [0.717, 1.165) is 24.0 Å². The van der Waals surface area contributed by atoms with Gasteiger partial charge in [-0.05, 0) is 102 Å². The number of amidine groups is 1. The molecule has 156 valence electrons. The van der Waals surface area contributed by atoms with Gasteiger partial charge in [0.15, 0.2) is 5.84 Å². The van der Waals surface area contributed by atoms with Crippen LogP contribution in [0, 0.1) is 16.3 Å². The first-order valence-electron chi connectivity index (χ1n) is 9.90. The van der Waals surface area contributed by atoms with E-state index in [2.05, 4.69) is 58.9 Å². The zero-order valence-electron chi connectivity index (χ0n) is 16.8. The van der Waals surface area contributed by atoms with Gasteiger partial charge in [-0.2, -0.15) is 0 Å². The molecule has 0 aliphatic carbocycles. The summed E-state index contributed by atoms with van der Waals surface area (Å²) in [5.74, 6) is -0.318. The molecule has 2 aromatic rings. The van der Waals surface area contributed by atoms with Gasteiger partial charge in [0.2, 0.25) is 0 Å². The topological polar surface area (TPSA) is 51.1 Å². The number of hydrogen-bond donors (Lipinski definition) is 0. The Morgan fingerprint density at radius 2 is 2.10 bits per heavy atom. The number of carbonyl (C=O) groups excluding carboxylic acids is 1. The van der Waals surface area contributed by atoms with Crippen LogP contribution in [-0.4, -0.2) is 29.9 Å². The van der Waals surface area contributed by atoms with Crippen molar-refractivity contribution >= 4 is 40.5 Å². The first-order valence-corrected chi connectivity index (χ1v) is 11.0. The standard InChI is InChI=1S/C23H22FIN2O3/c1-3-29-22(28)23(18-7-9-19(24)10-8-18)27-12-4-5-17(21(27)26-30-23)14-16-6-11-20(25)15(2)13-16/h6-11,13-14H,3-5,12H2,1-2H3/b17-14+/t23-/m0/s1. The molecule has 2 aromatic carbocycles. The summed E-state index contributed by atoms with van der Waals surface area (Å²) in [6.45, 7) is 4.61. The van der Waals surface area contributed by atoms with Crippen LogP contribution < -0.4 is 0 Å². The molecule has 5 nitrogen and oxygen atoms in total. The molecule has 7 heteroatoms. The van der Waals surface area contributed by atoms with Crippen molar-refractivity contribution in [3.8, 4) is 0 Å². The van der Waals surface area contributed by atoms with Crippen molar-refractivity contribution in [2.75, 3.05) is 13.2 Å². The molecule has 0 radical (unpaired) electrons. The molecule has 30 heavy (non-hydrogen) atoms. The van der Waals surface area contributed by atoms with Crippen LogP contribution in [0.1, 0.15) is 36.5 Å². The fraction of sp³-hybridized carbons (Fsp3) is 0.304. The Kier molecular flexibility index (Phi) is 5.81. The van der Waals surface area contributed by atoms with Gasteiger partial charge >= 0.3 is 11.7 Å². The Hall–Kier alpha value is -2.42. The van der Waals surface area contributed by atoms with Crippen LogP contribution in [0.3, 0.4) is 0 Å². The lowest BCUT2D eigenvalue weighted by Gasteiger charge is -2.37. The minimum absolute atomic E-state index is 0.207. The van der Waals surface area contributed by atoms with E-state index in [4.69, 9.17) is 9.57 Å². The summed E-state index contributed by atoms with van der Waals surface area (Å²) >= 11 is 2.31. The average molecular weight is 520 g/mol. The number of rotatable bonds is 4. The van der Waals surface area contributed by atoms with Gasteiger partial charge in [-0.1, -0.05) is 17.3 Å². The monoisotopic (exact) mass is 520 g/mol. The zero-order valence-corrected chi connectivity index (χ0v) is 19.0. The molecule has 0 amide bonds. The maximum absolute atomic E-state index is 13.5. The summed E-state index contributed by atoms with van der Waals surface area (Å²) in [6, 6.07) is 12.0. The second-order valence-electron chi connectivity index (χ2n) is 7.31. The second-order valence-corrected chi connectivity index (χ2v) is 8.47. The maximum atomic E-state index is 13.5. The number of aryl methyl sites for hydroxylation is 1. The number of oxime groups is 1. The molecule has 0 spiro atoms. The van der Waals surface area contributed by atoms with Gasteiger partial charge < -0.3 is 14.5 Å². The molecule has 4 rings (SSSR count). The van der Waals surface area contributed by atoms with Crippen molar-refractivity contribution in [3.63, 3.8) is 0 Å². The van der Waals surface area contributed by atoms with Gasteiger partial charge in [0.25, 0.3) is 0 Å². The van der Waals surface area contributed by atoms with Crippen molar-refractivity contribution < 1.29 is 18.8 Å². The van der Waals surface area contributed by atoms with E-state index in [1.165, 1.54) is 21.3 Å². The molecule has 0 N–H and O–H groups in total. The average Bonchev–Trinajstić information content (AvgIpc) is 3.13. The second kappa shape index (κ2) is 8.37. The summed E-state index contributed by atoms with van der Waals surface area (Å²) in [6.07, 6.45) is 3.75. The van der Waals surface area contributed by atoms with Gasteiger partial charge in [-0.15, -0.1) is 0 Å². The highest BCUT2D eigenvalue weighted by atomic mass is 127. The first kappa shape index (κ1) is 20.8. The number of nitrogens with zero attached hydrogens (tertiary/aromatic N) is 2. The van der Waals surface area contributed by atoms with Crippen LogP contribution in [0.2, 0.25) is 0 Å². The quantitative estimate of drug-likeness (QED) is 0.422. The zero-order chi connectivity index (χ0) is 21.3. The SMILES string of the molecule is CCOC(=O)[C@]1(c2ccc(F)cc2)ON=C2/C(=C/c3ccc(I)c(C)c3)CCCN21. The van der Waals surface area contributed by atoms with Crippen molar-refractivity contribution in [2.45, 2.75) is 32.4 Å². The van der Waals surface area contributed by atoms with Gasteiger partial charge in [0.1, 0.15) is 5.82 Å². The molecule has 0 unspecified atom stereocenters. The molecule has 0 aromatic heterocycles. The Bertz CT molecular complexity index is 1040. The van der Waals surface area contributed by atoms with E-state index in [1.54, 1.807) is 19.1 Å². The summed E-state index contributed by atoms with van der Waals surface area (Å²) in [4.78, 5) is 20.7. The highest BCUT2D eigenvalue weighted by Crippen LogP contribution is 2.41. The highest BCUT2D eigenvalue weighted by molar-refractivity contribution is 14.1. The Morgan fingerprint density at radius 1 is 1.33 bits per heavy atom. The highest BCUT2D eigenvalue weighted by Gasteiger charge is 2.56. The lowest BCUT2D eigenvalue weighted by Crippen LogP contribution is -2.54. The molecule has 2 aliphatic rings. The third-order valence-electron chi connectivity index (χ3n) is 5.33. The van der Waals surface area contributed by atoms with E-state index >= 15 is 0 Å². The Labute approximate surface area is 188 Å².